The Labute approximate surface area is 113 Å². The van der Waals surface area contributed by atoms with Crippen molar-refractivity contribution in [3.63, 3.8) is 0 Å². The molecule has 4 heteroatoms. The SMILES string of the molecule is CCC(C)N1C(=O)CC(N)C1c1ccc(Cl)cc1. The molecule has 1 aromatic carbocycles. The number of hydrogen-bond acceptors (Lipinski definition) is 2. The van der Waals surface area contributed by atoms with E-state index >= 15 is 0 Å². The molecule has 3 unspecified atom stereocenters. The number of nitrogens with two attached hydrogens (primary N) is 1. The molecule has 2 N–H and O–H groups in total. The van der Waals surface area contributed by atoms with Gasteiger partial charge in [0.1, 0.15) is 0 Å². The van der Waals surface area contributed by atoms with Crippen LogP contribution in [0.5, 0.6) is 0 Å². The summed E-state index contributed by atoms with van der Waals surface area (Å²) in [5, 5.41) is 0.701. The summed E-state index contributed by atoms with van der Waals surface area (Å²) in [4.78, 5) is 14.0. The van der Waals surface area contributed by atoms with Gasteiger partial charge in [-0.15, -0.1) is 0 Å². The van der Waals surface area contributed by atoms with Crippen LogP contribution in [0.1, 0.15) is 38.3 Å². The minimum atomic E-state index is -0.132. The van der Waals surface area contributed by atoms with Gasteiger partial charge in [-0.1, -0.05) is 30.7 Å². The molecule has 1 amide bonds. The van der Waals surface area contributed by atoms with E-state index in [4.69, 9.17) is 17.3 Å². The van der Waals surface area contributed by atoms with Crippen LogP contribution in [0.15, 0.2) is 24.3 Å². The molecule has 1 heterocycles. The normalized spacial score (nSPS) is 25.6. The lowest BCUT2D eigenvalue weighted by Crippen LogP contribution is -2.38. The molecule has 18 heavy (non-hydrogen) atoms. The van der Waals surface area contributed by atoms with E-state index < -0.39 is 0 Å². The molecule has 3 nitrogen and oxygen atoms in total. The predicted octanol–water partition coefficient (Wildman–Crippen LogP) is 2.74. The fourth-order valence-corrected chi connectivity index (χ4v) is 2.69. The van der Waals surface area contributed by atoms with Crippen LogP contribution >= 0.6 is 11.6 Å². The Morgan fingerprint density at radius 2 is 2.06 bits per heavy atom. The number of carbonyl (C=O) groups excluding carboxylic acids is 1. The second kappa shape index (κ2) is 5.29. The van der Waals surface area contributed by atoms with Crippen LogP contribution in [0, 0.1) is 0 Å². The molecule has 3 atom stereocenters. The summed E-state index contributed by atoms with van der Waals surface area (Å²) in [6.45, 7) is 4.15. The molecule has 1 saturated heterocycles. The van der Waals surface area contributed by atoms with Crippen molar-refractivity contribution < 1.29 is 4.79 Å². The standard InChI is InChI=1S/C14H19ClN2O/c1-3-9(2)17-13(18)8-12(16)14(17)10-4-6-11(15)7-5-10/h4-7,9,12,14H,3,8,16H2,1-2H3. The molecule has 1 aromatic rings. The van der Waals surface area contributed by atoms with Gasteiger partial charge < -0.3 is 10.6 Å². The van der Waals surface area contributed by atoms with Crippen molar-refractivity contribution in [2.45, 2.75) is 44.8 Å². The Bertz CT molecular complexity index is 432. The van der Waals surface area contributed by atoms with E-state index in [0.29, 0.717) is 11.4 Å². The van der Waals surface area contributed by atoms with Crippen molar-refractivity contribution in [3.05, 3.63) is 34.9 Å². The van der Waals surface area contributed by atoms with E-state index in [1.54, 1.807) is 0 Å². The summed E-state index contributed by atoms with van der Waals surface area (Å²) in [6, 6.07) is 7.67. The molecule has 0 saturated carbocycles. The Balaban J connectivity index is 2.33. The number of hydrogen-bond donors (Lipinski definition) is 1. The van der Waals surface area contributed by atoms with E-state index in [1.807, 2.05) is 29.2 Å². The average Bonchev–Trinajstić information content (AvgIpc) is 2.64. The minimum Gasteiger partial charge on any atom is -0.331 e. The highest BCUT2D eigenvalue weighted by atomic mass is 35.5. The van der Waals surface area contributed by atoms with Crippen LogP contribution in [-0.4, -0.2) is 22.9 Å². The van der Waals surface area contributed by atoms with E-state index in [9.17, 15) is 4.79 Å². The highest BCUT2D eigenvalue weighted by Gasteiger charge is 2.40. The van der Waals surface area contributed by atoms with E-state index in [1.165, 1.54) is 0 Å². The van der Waals surface area contributed by atoms with Crippen LogP contribution in [0.4, 0.5) is 0 Å². The zero-order chi connectivity index (χ0) is 13.3. The van der Waals surface area contributed by atoms with E-state index in [0.717, 1.165) is 12.0 Å². The van der Waals surface area contributed by atoms with Crippen molar-refractivity contribution in [2.75, 3.05) is 0 Å². The lowest BCUT2D eigenvalue weighted by atomic mass is 10.00. The number of nitrogens with zero attached hydrogens (tertiary/aromatic N) is 1. The molecule has 1 aliphatic rings. The maximum absolute atomic E-state index is 12.1. The lowest BCUT2D eigenvalue weighted by molar-refractivity contribution is -0.131. The zero-order valence-corrected chi connectivity index (χ0v) is 11.5. The molecule has 0 bridgehead atoms. The summed E-state index contributed by atoms with van der Waals surface area (Å²) in [7, 11) is 0. The summed E-state index contributed by atoms with van der Waals surface area (Å²) in [5.41, 5.74) is 7.19. The number of benzene rings is 1. The van der Waals surface area contributed by atoms with Gasteiger partial charge in [-0.05, 0) is 31.0 Å². The molecule has 0 aromatic heterocycles. The van der Waals surface area contributed by atoms with Crippen molar-refractivity contribution >= 4 is 17.5 Å². The van der Waals surface area contributed by atoms with Crippen molar-refractivity contribution in [1.82, 2.24) is 4.90 Å². The first-order chi connectivity index (χ1) is 8.54. The first-order valence-electron chi connectivity index (χ1n) is 6.36. The molecule has 0 aliphatic carbocycles. The summed E-state index contributed by atoms with van der Waals surface area (Å²) in [5.74, 6) is 0.150. The zero-order valence-electron chi connectivity index (χ0n) is 10.8. The Morgan fingerprint density at radius 3 is 2.61 bits per heavy atom. The van der Waals surface area contributed by atoms with Gasteiger partial charge in [-0.2, -0.15) is 0 Å². The monoisotopic (exact) mass is 266 g/mol. The van der Waals surface area contributed by atoms with Gasteiger partial charge in [-0.3, -0.25) is 4.79 Å². The number of likely N-dealkylation sites (tertiary alicyclic amines) is 1. The van der Waals surface area contributed by atoms with Gasteiger partial charge in [0.2, 0.25) is 5.91 Å². The molecule has 1 fully saturated rings. The van der Waals surface area contributed by atoms with Crippen LogP contribution < -0.4 is 5.73 Å². The molecule has 0 radical (unpaired) electrons. The quantitative estimate of drug-likeness (QED) is 0.914. The van der Waals surface area contributed by atoms with Gasteiger partial charge in [0.15, 0.2) is 0 Å². The molecule has 98 valence electrons. The summed E-state index contributed by atoms with van der Waals surface area (Å²) < 4.78 is 0. The number of rotatable bonds is 3. The number of carbonyl (C=O) groups is 1. The maximum Gasteiger partial charge on any atom is 0.225 e. The van der Waals surface area contributed by atoms with E-state index in [2.05, 4.69) is 13.8 Å². The Hall–Kier alpha value is -1.06. The van der Waals surface area contributed by atoms with E-state index in [-0.39, 0.29) is 24.0 Å². The molecule has 0 spiro atoms. The fraction of sp³-hybridized carbons (Fsp3) is 0.500. The van der Waals surface area contributed by atoms with Gasteiger partial charge >= 0.3 is 0 Å². The van der Waals surface area contributed by atoms with Gasteiger partial charge in [-0.25, -0.2) is 0 Å². The molecular formula is C14H19ClN2O. The first kappa shape index (κ1) is 13.4. The highest BCUT2D eigenvalue weighted by Crippen LogP contribution is 2.34. The Morgan fingerprint density at radius 1 is 1.44 bits per heavy atom. The van der Waals surface area contributed by atoms with Crippen LogP contribution in [-0.2, 0) is 4.79 Å². The van der Waals surface area contributed by atoms with Crippen LogP contribution in [0.2, 0.25) is 5.02 Å². The second-order valence-corrected chi connectivity index (χ2v) is 5.36. The third-order valence-electron chi connectivity index (χ3n) is 3.68. The van der Waals surface area contributed by atoms with Crippen molar-refractivity contribution in [1.29, 1.82) is 0 Å². The van der Waals surface area contributed by atoms with Crippen LogP contribution in [0.3, 0.4) is 0 Å². The average molecular weight is 267 g/mol. The molecule has 1 aliphatic heterocycles. The van der Waals surface area contributed by atoms with Gasteiger partial charge in [0, 0.05) is 23.5 Å². The topological polar surface area (TPSA) is 46.3 Å². The largest absolute Gasteiger partial charge is 0.331 e. The van der Waals surface area contributed by atoms with Crippen molar-refractivity contribution in [2.24, 2.45) is 5.73 Å². The molecular weight excluding hydrogens is 248 g/mol. The summed E-state index contributed by atoms with van der Waals surface area (Å²) in [6.07, 6.45) is 1.36. The molecule has 2 rings (SSSR count). The smallest absolute Gasteiger partial charge is 0.225 e. The third kappa shape index (κ3) is 2.38. The number of amides is 1. The highest BCUT2D eigenvalue weighted by molar-refractivity contribution is 6.30. The Kier molecular flexibility index (Phi) is 3.93. The van der Waals surface area contributed by atoms with Crippen LogP contribution in [0.25, 0.3) is 0 Å². The second-order valence-electron chi connectivity index (χ2n) is 4.92. The minimum absolute atomic E-state index is 0.0234. The van der Waals surface area contributed by atoms with Gasteiger partial charge in [0.05, 0.1) is 6.04 Å². The third-order valence-corrected chi connectivity index (χ3v) is 3.93. The van der Waals surface area contributed by atoms with Crippen molar-refractivity contribution in [3.8, 4) is 0 Å². The maximum atomic E-state index is 12.1. The first-order valence-corrected chi connectivity index (χ1v) is 6.74. The van der Waals surface area contributed by atoms with Gasteiger partial charge in [0.25, 0.3) is 0 Å². The summed E-state index contributed by atoms with van der Waals surface area (Å²) >= 11 is 5.90. The predicted molar refractivity (Wildman–Crippen MR) is 73.4 cm³/mol. The lowest BCUT2D eigenvalue weighted by Gasteiger charge is -2.32. The fourth-order valence-electron chi connectivity index (χ4n) is 2.56. The number of halogens is 1.